The summed E-state index contributed by atoms with van der Waals surface area (Å²) < 4.78 is 0. The van der Waals surface area contributed by atoms with Crippen LogP contribution in [0.3, 0.4) is 0 Å². The lowest BCUT2D eigenvalue weighted by Crippen LogP contribution is -1.74. The van der Waals surface area contributed by atoms with Gasteiger partial charge in [-0.25, -0.2) is 0 Å². The minimum absolute atomic E-state index is 1.12. The van der Waals surface area contributed by atoms with E-state index in [0.29, 0.717) is 0 Å². The van der Waals surface area contributed by atoms with E-state index in [1.807, 2.05) is 37.4 Å². The van der Waals surface area contributed by atoms with Crippen LogP contribution in [0.5, 0.6) is 0 Å². The fourth-order valence-electron chi connectivity index (χ4n) is 0.783. The van der Waals surface area contributed by atoms with Gasteiger partial charge in [0.05, 0.1) is 0 Å². The molecule has 1 nitrogen and oxygen atoms in total. The normalized spacial score (nSPS) is 11.2. The average molecular weight is 145 g/mol. The summed E-state index contributed by atoms with van der Waals surface area (Å²) in [5.41, 5.74) is 2.27. The molecule has 1 heterocycles. The van der Waals surface area contributed by atoms with Gasteiger partial charge in [0.1, 0.15) is 0 Å². The Labute approximate surface area is 67.1 Å². The SMILES string of the molecule is C=C/C(C)=C/c1cccnc1. The molecule has 1 aromatic rings. The third-order valence-electron chi connectivity index (χ3n) is 1.40. The molecule has 0 aliphatic rings. The molecule has 0 saturated heterocycles. The molecule has 0 aliphatic heterocycles. The molecule has 0 aliphatic carbocycles. The summed E-state index contributed by atoms with van der Waals surface area (Å²) >= 11 is 0. The van der Waals surface area contributed by atoms with Gasteiger partial charge in [0.2, 0.25) is 0 Å². The zero-order valence-corrected chi connectivity index (χ0v) is 6.62. The van der Waals surface area contributed by atoms with Crippen molar-refractivity contribution in [2.75, 3.05) is 0 Å². The molecule has 56 valence electrons. The van der Waals surface area contributed by atoms with E-state index in [1.54, 1.807) is 6.20 Å². The van der Waals surface area contributed by atoms with E-state index < -0.39 is 0 Å². The smallest absolute Gasteiger partial charge is 0.0340 e. The Morgan fingerprint density at radius 3 is 3.00 bits per heavy atom. The third-order valence-corrected chi connectivity index (χ3v) is 1.40. The van der Waals surface area contributed by atoms with E-state index in [0.717, 1.165) is 11.1 Å². The van der Waals surface area contributed by atoms with Crippen LogP contribution >= 0.6 is 0 Å². The second kappa shape index (κ2) is 3.71. The number of hydrogen-bond acceptors (Lipinski definition) is 1. The fraction of sp³-hybridized carbons (Fsp3) is 0.100. The first-order chi connectivity index (χ1) is 5.33. The maximum atomic E-state index is 3.99. The summed E-state index contributed by atoms with van der Waals surface area (Å²) in [6, 6.07) is 3.93. The second-order valence-electron chi connectivity index (χ2n) is 2.38. The van der Waals surface area contributed by atoms with Gasteiger partial charge in [-0.15, -0.1) is 0 Å². The molecule has 0 radical (unpaired) electrons. The van der Waals surface area contributed by atoms with Gasteiger partial charge in [0.15, 0.2) is 0 Å². The summed E-state index contributed by atoms with van der Waals surface area (Å²) in [6.07, 6.45) is 7.46. The molecule has 0 saturated carbocycles. The lowest BCUT2D eigenvalue weighted by Gasteiger charge is -1.92. The quantitative estimate of drug-likeness (QED) is 0.583. The minimum Gasteiger partial charge on any atom is -0.264 e. The number of aromatic nitrogens is 1. The summed E-state index contributed by atoms with van der Waals surface area (Å²) in [7, 11) is 0. The highest BCUT2D eigenvalue weighted by Crippen LogP contribution is 2.04. The first-order valence-corrected chi connectivity index (χ1v) is 3.53. The zero-order valence-electron chi connectivity index (χ0n) is 6.62. The molecule has 0 atom stereocenters. The molecule has 0 bridgehead atoms. The largest absolute Gasteiger partial charge is 0.264 e. The number of pyridine rings is 1. The van der Waals surface area contributed by atoms with Gasteiger partial charge in [-0.05, 0) is 18.6 Å². The van der Waals surface area contributed by atoms with Crippen LogP contribution < -0.4 is 0 Å². The average Bonchev–Trinajstić information content (AvgIpc) is 2.06. The lowest BCUT2D eigenvalue weighted by molar-refractivity contribution is 1.31. The van der Waals surface area contributed by atoms with E-state index in [1.165, 1.54) is 0 Å². The molecule has 0 unspecified atom stereocenters. The Bertz CT molecular complexity index is 259. The summed E-state index contributed by atoms with van der Waals surface area (Å²) in [6.45, 7) is 5.68. The van der Waals surface area contributed by atoms with Crippen molar-refractivity contribution in [2.45, 2.75) is 6.92 Å². The van der Waals surface area contributed by atoms with Gasteiger partial charge in [-0.3, -0.25) is 4.98 Å². The van der Waals surface area contributed by atoms with Crippen molar-refractivity contribution in [2.24, 2.45) is 0 Å². The van der Waals surface area contributed by atoms with E-state index >= 15 is 0 Å². The molecule has 1 aromatic heterocycles. The van der Waals surface area contributed by atoms with Crippen molar-refractivity contribution in [3.63, 3.8) is 0 Å². The Morgan fingerprint density at radius 2 is 2.45 bits per heavy atom. The highest BCUT2D eigenvalue weighted by atomic mass is 14.6. The van der Waals surface area contributed by atoms with Crippen molar-refractivity contribution in [3.8, 4) is 0 Å². The van der Waals surface area contributed by atoms with Crippen LogP contribution in [0, 0.1) is 0 Å². The Balaban J connectivity index is 2.87. The van der Waals surface area contributed by atoms with Crippen molar-refractivity contribution >= 4 is 6.08 Å². The predicted molar refractivity (Wildman–Crippen MR) is 48.1 cm³/mol. The maximum absolute atomic E-state index is 3.99. The third kappa shape index (κ3) is 2.38. The van der Waals surface area contributed by atoms with E-state index in [-0.39, 0.29) is 0 Å². The van der Waals surface area contributed by atoms with Gasteiger partial charge < -0.3 is 0 Å². The topological polar surface area (TPSA) is 12.9 Å². The van der Waals surface area contributed by atoms with E-state index in [4.69, 9.17) is 0 Å². The number of hydrogen-bond donors (Lipinski definition) is 0. The number of nitrogens with zero attached hydrogens (tertiary/aromatic N) is 1. The monoisotopic (exact) mass is 145 g/mol. The summed E-state index contributed by atoms with van der Waals surface area (Å²) in [5.74, 6) is 0. The number of rotatable bonds is 2. The number of allylic oxidation sites excluding steroid dienone is 2. The van der Waals surface area contributed by atoms with Gasteiger partial charge in [-0.1, -0.05) is 30.4 Å². The van der Waals surface area contributed by atoms with Crippen molar-refractivity contribution in [1.82, 2.24) is 4.98 Å². The molecule has 1 heteroatoms. The van der Waals surface area contributed by atoms with Crippen LogP contribution in [-0.4, -0.2) is 4.98 Å². The second-order valence-corrected chi connectivity index (χ2v) is 2.38. The molecular formula is C10H11N. The molecule has 0 amide bonds. The van der Waals surface area contributed by atoms with Gasteiger partial charge in [0, 0.05) is 12.4 Å². The van der Waals surface area contributed by atoms with Crippen molar-refractivity contribution in [1.29, 1.82) is 0 Å². The first kappa shape index (κ1) is 7.73. The summed E-state index contributed by atoms with van der Waals surface area (Å²) in [4.78, 5) is 3.99. The van der Waals surface area contributed by atoms with Gasteiger partial charge in [-0.2, -0.15) is 0 Å². The fourth-order valence-corrected chi connectivity index (χ4v) is 0.783. The van der Waals surface area contributed by atoms with Crippen LogP contribution in [0.4, 0.5) is 0 Å². The maximum Gasteiger partial charge on any atom is 0.0340 e. The minimum atomic E-state index is 1.12. The molecule has 0 N–H and O–H groups in total. The highest BCUT2D eigenvalue weighted by Gasteiger charge is 1.84. The standard InChI is InChI=1S/C10H11N/c1-3-9(2)7-10-5-4-6-11-8-10/h3-8H,1H2,2H3/b9-7+. The molecule has 0 fully saturated rings. The van der Waals surface area contributed by atoms with Crippen LogP contribution in [0.2, 0.25) is 0 Å². The highest BCUT2D eigenvalue weighted by molar-refractivity contribution is 5.53. The Hall–Kier alpha value is -1.37. The molecule has 0 spiro atoms. The molecular weight excluding hydrogens is 134 g/mol. The van der Waals surface area contributed by atoms with Crippen LogP contribution in [0.1, 0.15) is 12.5 Å². The van der Waals surface area contributed by atoms with Crippen LogP contribution in [-0.2, 0) is 0 Å². The van der Waals surface area contributed by atoms with E-state index in [2.05, 4.69) is 11.6 Å². The molecule has 11 heavy (non-hydrogen) atoms. The van der Waals surface area contributed by atoms with Crippen LogP contribution in [0.25, 0.3) is 6.08 Å². The molecule has 1 rings (SSSR count). The van der Waals surface area contributed by atoms with Crippen molar-refractivity contribution < 1.29 is 0 Å². The van der Waals surface area contributed by atoms with Crippen LogP contribution in [0.15, 0.2) is 42.8 Å². The van der Waals surface area contributed by atoms with E-state index in [9.17, 15) is 0 Å². The van der Waals surface area contributed by atoms with Gasteiger partial charge >= 0.3 is 0 Å². The molecule has 0 aromatic carbocycles. The Kier molecular flexibility index (Phi) is 2.61. The predicted octanol–water partition coefficient (Wildman–Crippen LogP) is 2.67. The van der Waals surface area contributed by atoms with Gasteiger partial charge in [0.25, 0.3) is 0 Å². The lowest BCUT2D eigenvalue weighted by atomic mass is 10.2. The van der Waals surface area contributed by atoms with Crippen molar-refractivity contribution in [3.05, 3.63) is 48.3 Å². The Morgan fingerprint density at radius 1 is 1.64 bits per heavy atom. The zero-order chi connectivity index (χ0) is 8.10. The summed E-state index contributed by atoms with van der Waals surface area (Å²) in [5, 5.41) is 0. The first-order valence-electron chi connectivity index (χ1n) is 3.53.